The van der Waals surface area contributed by atoms with E-state index in [2.05, 4.69) is 0 Å². The topological polar surface area (TPSA) is 74.6 Å². The summed E-state index contributed by atoms with van der Waals surface area (Å²) in [5.41, 5.74) is -0.579. The third kappa shape index (κ3) is 5.98. The fourth-order valence-electron chi connectivity index (χ4n) is 1.27. The summed E-state index contributed by atoms with van der Waals surface area (Å²) in [5, 5.41) is 16.7. The van der Waals surface area contributed by atoms with Crippen LogP contribution >= 0.6 is 0 Å². The molecule has 21 heavy (non-hydrogen) atoms. The molecule has 4 nitrogen and oxygen atoms in total. The maximum atomic E-state index is 12.5. The molecule has 0 atom stereocenters. The van der Waals surface area contributed by atoms with E-state index in [9.17, 15) is 18.4 Å². The SMILES string of the molecule is O=C(O)c1ccccc1F.O=C(O)c1ccccc1F.[Cd]. The van der Waals surface area contributed by atoms with Crippen molar-refractivity contribution in [2.75, 3.05) is 0 Å². The molecule has 0 aromatic heterocycles. The first-order chi connectivity index (χ1) is 9.43. The number of aromatic carboxylic acids is 2. The van der Waals surface area contributed by atoms with E-state index in [4.69, 9.17) is 10.2 Å². The first-order valence-electron chi connectivity index (χ1n) is 5.39. The maximum Gasteiger partial charge on any atom is 0.338 e. The molecule has 0 saturated carbocycles. The fourth-order valence-corrected chi connectivity index (χ4v) is 1.27. The molecule has 0 aliphatic heterocycles. The number of hydrogen-bond acceptors (Lipinski definition) is 2. The van der Waals surface area contributed by atoms with E-state index in [1.807, 2.05) is 0 Å². The third-order valence-corrected chi connectivity index (χ3v) is 2.21. The predicted octanol–water partition coefficient (Wildman–Crippen LogP) is 3.05. The predicted molar refractivity (Wildman–Crippen MR) is 66.7 cm³/mol. The first-order valence-corrected chi connectivity index (χ1v) is 5.39. The molecule has 0 aliphatic rings. The van der Waals surface area contributed by atoms with Gasteiger partial charge in [-0.2, -0.15) is 0 Å². The van der Waals surface area contributed by atoms with Crippen LogP contribution in [0.4, 0.5) is 8.78 Å². The standard InChI is InChI=1S/2C7H5FO2.Cd/c2*8-6-4-2-1-3-5(6)7(9)10;/h2*1-4H,(H,9,10);. The molecule has 0 spiro atoms. The second-order valence-electron chi connectivity index (χ2n) is 3.57. The van der Waals surface area contributed by atoms with Gasteiger partial charge in [0.05, 0.1) is 11.1 Å². The van der Waals surface area contributed by atoms with Crippen molar-refractivity contribution in [2.45, 2.75) is 0 Å². The zero-order valence-corrected chi connectivity index (χ0v) is 14.8. The van der Waals surface area contributed by atoms with E-state index in [1.165, 1.54) is 36.4 Å². The molecule has 2 N–H and O–H groups in total. The van der Waals surface area contributed by atoms with E-state index in [0.29, 0.717) is 0 Å². The van der Waals surface area contributed by atoms with Crippen LogP contribution < -0.4 is 0 Å². The molecule has 7 heteroatoms. The van der Waals surface area contributed by atoms with Gasteiger partial charge in [0.25, 0.3) is 0 Å². The van der Waals surface area contributed by atoms with Gasteiger partial charge in [0, 0.05) is 27.3 Å². The number of rotatable bonds is 2. The Hall–Kier alpha value is -1.84. The Morgan fingerprint density at radius 3 is 1.19 bits per heavy atom. The largest absolute Gasteiger partial charge is 0.478 e. The number of carboxylic acids is 2. The molecule has 0 heterocycles. The zero-order chi connectivity index (χ0) is 15.1. The van der Waals surface area contributed by atoms with E-state index in [1.54, 1.807) is 0 Å². The van der Waals surface area contributed by atoms with Crippen molar-refractivity contribution >= 4 is 11.9 Å². The summed E-state index contributed by atoms with van der Waals surface area (Å²) < 4.78 is 24.9. The summed E-state index contributed by atoms with van der Waals surface area (Å²) >= 11 is 0. The minimum absolute atomic E-state index is 0. The van der Waals surface area contributed by atoms with Crippen LogP contribution in [0, 0.1) is 11.6 Å². The molecule has 0 unspecified atom stereocenters. The van der Waals surface area contributed by atoms with Crippen LogP contribution in [0.3, 0.4) is 0 Å². The van der Waals surface area contributed by atoms with Crippen LogP contribution in [0.1, 0.15) is 20.7 Å². The molecule has 0 radical (unpaired) electrons. The number of carboxylic acid groups (broad SMARTS) is 2. The summed E-state index contributed by atoms with van der Waals surface area (Å²) in [5.74, 6) is -3.87. The minimum atomic E-state index is -1.24. The van der Waals surface area contributed by atoms with Crippen molar-refractivity contribution in [3.05, 3.63) is 71.3 Å². The fraction of sp³-hybridized carbons (Fsp3) is 0. The van der Waals surface area contributed by atoms with Gasteiger partial charge < -0.3 is 10.2 Å². The molecule has 0 aliphatic carbocycles. The number of hydrogen-bond donors (Lipinski definition) is 2. The average Bonchev–Trinajstić information content (AvgIpc) is 2.40. The Morgan fingerprint density at radius 2 is 1.00 bits per heavy atom. The van der Waals surface area contributed by atoms with Crippen molar-refractivity contribution in [3.8, 4) is 0 Å². The number of carbonyl (C=O) groups is 2. The van der Waals surface area contributed by atoms with Crippen molar-refractivity contribution in [2.24, 2.45) is 0 Å². The summed E-state index contributed by atoms with van der Waals surface area (Å²) in [4.78, 5) is 20.4. The van der Waals surface area contributed by atoms with Gasteiger partial charge in [-0.05, 0) is 24.3 Å². The monoisotopic (exact) mass is 394 g/mol. The smallest absolute Gasteiger partial charge is 0.338 e. The molecule has 0 amide bonds. The minimum Gasteiger partial charge on any atom is -0.478 e. The van der Waals surface area contributed by atoms with E-state index in [0.717, 1.165) is 12.1 Å². The van der Waals surface area contributed by atoms with Crippen LogP contribution in [0.15, 0.2) is 48.5 Å². The van der Waals surface area contributed by atoms with Gasteiger partial charge in [0.15, 0.2) is 0 Å². The molecule has 0 bridgehead atoms. The Labute approximate surface area is 139 Å². The summed E-state index contributed by atoms with van der Waals surface area (Å²) in [6, 6.07) is 10.5. The summed E-state index contributed by atoms with van der Waals surface area (Å²) in [6.07, 6.45) is 0. The van der Waals surface area contributed by atoms with Crippen LogP contribution in [-0.4, -0.2) is 22.2 Å². The third-order valence-electron chi connectivity index (χ3n) is 2.21. The van der Waals surface area contributed by atoms with E-state index < -0.39 is 23.6 Å². The second-order valence-corrected chi connectivity index (χ2v) is 3.57. The zero-order valence-electron chi connectivity index (χ0n) is 10.8. The Kier molecular flexibility index (Phi) is 8.36. The van der Waals surface area contributed by atoms with Gasteiger partial charge in [-0.3, -0.25) is 0 Å². The molecule has 0 fully saturated rings. The maximum absolute atomic E-state index is 12.5. The van der Waals surface area contributed by atoms with Gasteiger partial charge in [0.2, 0.25) is 0 Å². The number of halogens is 2. The van der Waals surface area contributed by atoms with E-state index in [-0.39, 0.29) is 38.4 Å². The molecular weight excluding hydrogens is 383 g/mol. The Bertz CT molecular complexity index is 576. The van der Waals surface area contributed by atoms with Crippen LogP contribution in [0.5, 0.6) is 0 Å². The average molecular weight is 393 g/mol. The summed E-state index contributed by atoms with van der Waals surface area (Å²) in [6.45, 7) is 0. The van der Waals surface area contributed by atoms with Crippen LogP contribution in [-0.2, 0) is 27.3 Å². The van der Waals surface area contributed by atoms with Gasteiger partial charge in [0.1, 0.15) is 11.6 Å². The van der Waals surface area contributed by atoms with Crippen molar-refractivity contribution < 1.29 is 55.9 Å². The van der Waals surface area contributed by atoms with Gasteiger partial charge in [-0.15, -0.1) is 0 Å². The molecule has 2 rings (SSSR count). The Balaban J connectivity index is 0.000000364. The summed E-state index contributed by atoms with van der Waals surface area (Å²) in [7, 11) is 0. The van der Waals surface area contributed by atoms with Crippen molar-refractivity contribution in [1.82, 2.24) is 0 Å². The van der Waals surface area contributed by atoms with Crippen molar-refractivity contribution in [3.63, 3.8) is 0 Å². The molecular formula is C14H10CdF2O4. The molecule has 2 aromatic rings. The van der Waals surface area contributed by atoms with Crippen LogP contribution in [0.2, 0.25) is 0 Å². The van der Waals surface area contributed by atoms with E-state index >= 15 is 0 Å². The second kappa shape index (κ2) is 9.16. The normalized spacial score (nSPS) is 8.86. The van der Waals surface area contributed by atoms with Crippen LogP contribution in [0.25, 0.3) is 0 Å². The first kappa shape index (κ1) is 19.2. The molecule has 106 valence electrons. The number of benzene rings is 2. The van der Waals surface area contributed by atoms with Gasteiger partial charge in [-0.25, -0.2) is 18.4 Å². The van der Waals surface area contributed by atoms with Gasteiger partial charge >= 0.3 is 11.9 Å². The quantitative estimate of drug-likeness (QED) is 0.770. The molecule has 2 aromatic carbocycles. The molecule has 0 saturated heterocycles. The van der Waals surface area contributed by atoms with Gasteiger partial charge in [-0.1, -0.05) is 24.3 Å². The van der Waals surface area contributed by atoms with Crippen molar-refractivity contribution in [1.29, 1.82) is 0 Å². The Morgan fingerprint density at radius 1 is 0.714 bits per heavy atom.